The fourth-order valence-corrected chi connectivity index (χ4v) is 2.91. The first-order valence-corrected chi connectivity index (χ1v) is 21.6. The minimum absolute atomic E-state index is 0.129. The monoisotopic (exact) mass is 793 g/mol. The van der Waals surface area contributed by atoms with Gasteiger partial charge in [-0.2, -0.15) is 0 Å². The number of aliphatic hydroxyl groups excluding tert-OH is 1. The summed E-state index contributed by atoms with van der Waals surface area (Å²) < 4.78 is 42.1. The van der Waals surface area contributed by atoms with Gasteiger partial charge in [0.25, 0.3) is 0 Å². The van der Waals surface area contributed by atoms with Crippen LogP contribution in [-0.2, 0) is 33.2 Å². The standard InChI is InChI=1S/C12H18O2.C8H18O2.C8H18O.C7H16O2.C6H14O2.C5H12/c1-3-11(2)13-9-10-14-12-7-5-4-6-8-12;1-4-8(3)10-7-6-9-5-2;1-5-8(4)9-6-7(2)3;1-4-7(2)9-6-5-8-3;1-3-6(2)8-5-4-7;1-4-5(2)3/h4-8,11H,3,9-10H2,1-2H3;8H,4-7H2,1-3H3;7-8H,5-6H2,1-4H3;7H,4-6H2,1-3H3;6-7H,3-5H2,1-2H3;5H,4H2,1-3H3. The molecular weight excluding hydrogens is 696 g/mol. The van der Waals surface area contributed by atoms with E-state index in [0.29, 0.717) is 69.5 Å². The third-order valence-corrected chi connectivity index (χ3v) is 7.92. The zero-order valence-electron chi connectivity index (χ0n) is 39.5. The number of aliphatic hydroxyl groups is 1. The van der Waals surface area contributed by atoms with Gasteiger partial charge in [-0.15, -0.1) is 0 Å². The molecule has 1 aromatic rings. The predicted molar refractivity (Wildman–Crippen MR) is 236 cm³/mol. The van der Waals surface area contributed by atoms with Crippen LogP contribution < -0.4 is 4.74 Å². The van der Waals surface area contributed by atoms with Gasteiger partial charge in [-0.05, 0) is 97.6 Å². The van der Waals surface area contributed by atoms with E-state index in [1.54, 1.807) is 7.11 Å². The average Bonchev–Trinajstić information content (AvgIpc) is 3.20. The van der Waals surface area contributed by atoms with Crippen molar-refractivity contribution in [1.29, 1.82) is 0 Å². The molecule has 9 nitrogen and oxygen atoms in total. The second kappa shape index (κ2) is 52.7. The third kappa shape index (κ3) is 64.9. The van der Waals surface area contributed by atoms with Crippen LogP contribution in [0.2, 0.25) is 0 Å². The molecule has 0 aliphatic rings. The Labute approximate surface area is 343 Å². The lowest BCUT2D eigenvalue weighted by atomic mass is 10.2. The molecule has 9 heteroatoms. The maximum Gasteiger partial charge on any atom is 0.119 e. The van der Waals surface area contributed by atoms with Crippen LogP contribution >= 0.6 is 0 Å². The lowest BCUT2D eigenvalue weighted by molar-refractivity contribution is 0.0142. The van der Waals surface area contributed by atoms with Crippen LogP contribution in [0.4, 0.5) is 0 Å². The predicted octanol–water partition coefficient (Wildman–Crippen LogP) is 11.5. The zero-order valence-corrected chi connectivity index (χ0v) is 39.5. The van der Waals surface area contributed by atoms with Crippen molar-refractivity contribution in [3.05, 3.63) is 30.3 Å². The average molecular weight is 793 g/mol. The largest absolute Gasteiger partial charge is 0.491 e. The Morgan fingerprint density at radius 1 is 0.455 bits per heavy atom. The second-order valence-electron chi connectivity index (χ2n) is 14.2. The molecule has 0 aliphatic heterocycles. The number of rotatable bonds is 26. The van der Waals surface area contributed by atoms with Crippen LogP contribution in [0.15, 0.2) is 30.3 Å². The van der Waals surface area contributed by atoms with Crippen LogP contribution in [0, 0.1) is 11.8 Å². The molecule has 0 saturated carbocycles. The van der Waals surface area contributed by atoms with Crippen molar-refractivity contribution in [2.75, 3.05) is 73.2 Å². The Morgan fingerprint density at radius 2 is 0.836 bits per heavy atom. The summed E-state index contributed by atoms with van der Waals surface area (Å²) >= 11 is 0. The van der Waals surface area contributed by atoms with Gasteiger partial charge in [0.2, 0.25) is 0 Å². The summed E-state index contributed by atoms with van der Waals surface area (Å²) in [5.74, 6) is 2.45. The summed E-state index contributed by atoms with van der Waals surface area (Å²) in [6, 6.07) is 9.80. The number of methoxy groups -OCH3 is 1. The second-order valence-corrected chi connectivity index (χ2v) is 14.2. The number of hydrogen-bond donors (Lipinski definition) is 1. The quantitative estimate of drug-likeness (QED) is 0.0920. The summed E-state index contributed by atoms with van der Waals surface area (Å²) in [6.45, 7) is 40.2. The summed E-state index contributed by atoms with van der Waals surface area (Å²) in [6.07, 6.45) is 8.44. The Bertz CT molecular complexity index is 767. The topological polar surface area (TPSA) is 94.1 Å². The highest BCUT2D eigenvalue weighted by Crippen LogP contribution is 2.08. The van der Waals surface area contributed by atoms with Crippen molar-refractivity contribution in [1.82, 2.24) is 0 Å². The van der Waals surface area contributed by atoms with E-state index in [1.807, 2.05) is 44.2 Å². The highest BCUT2D eigenvalue weighted by atomic mass is 16.5. The van der Waals surface area contributed by atoms with Gasteiger partial charge >= 0.3 is 0 Å². The molecule has 0 fully saturated rings. The van der Waals surface area contributed by atoms with E-state index >= 15 is 0 Å². The van der Waals surface area contributed by atoms with E-state index < -0.39 is 0 Å². The van der Waals surface area contributed by atoms with Crippen LogP contribution in [0.3, 0.4) is 0 Å². The highest BCUT2D eigenvalue weighted by molar-refractivity contribution is 5.20. The number of benzene rings is 1. The minimum Gasteiger partial charge on any atom is -0.491 e. The van der Waals surface area contributed by atoms with E-state index in [2.05, 4.69) is 96.9 Å². The number of ether oxygens (including phenoxy) is 8. The smallest absolute Gasteiger partial charge is 0.119 e. The maximum absolute atomic E-state index is 8.29. The molecule has 0 saturated heterocycles. The summed E-state index contributed by atoms with van der Waals surface area (Å²) in [7, 11) is 1.68. The van der Waals surface area contributed by atoms with E-state index in [9.17, 15) is 0 Å². The minimum atomic E-state index is 0.129. The molecule has 0 bridgehead atoms. The SMILES string of the molecule is CCC(C)C.CCC(C)OCC(C)C.CCC(C)OCCO.CCC(C)OCCOC.CCC(C)OCCOc1ccccc1.CCOCCOC(C)CC. The molecule has 0 radical (unpaired) electrons. The van der Waals surface area contributed by atoms with Gasteiger partial charge in [0.15, 0.2) is 0 Å². The van der Waals surface area contributed by atoms with Crippen molar-refractivity contribution in [2.24, 2.45) is 11.8 Å². The summed E-state index contributed by atoms with van der Waals surface area (Å²) in [5, 5.41) is 8.29. The molecule has 0 spiro atoms. The fourth-order valence-electron chi connectivity index (χ4n) is 2.91. The van der Waals surface area contributed by atoms with Gasteiger partial charge in [0, 0.05) is 20.3 Å². The molecule has 0 heterocycles. The Morgan fingerprint density at radius 3 is 1.18 bits per heavy atom. The van der Waals surface area contributed by atoms with E-state index in [-0.39, 0.29) is 6.61 Å². The lowest BCUT2D eigenvalue weighted by Gasteiger charge is -2.11. The van der Waals surface area contributed by atoms with Gasteiger partial charge in [-0.25, -0.2) is 0 Å². The van der Waals surface area contributed by atoms with E-state index in [0.717, 1.165) is 70.2 Å². The molecule has 1 N–H and O–H groups in total. The van der Waals surface area contributed by atoms with Crippen molar-refractivity contribution < 1.29 is 43.0 Å². The molecule has 334 valence electrons. The van der Waals surface area contributed by atoms with Crippen molar-refractivity contribution in [2.45, 2.75) is 180 Å². The Hall–Kier alpha value is -1.30. The first-order chi connectivity index (χ1) is 26.2. The molecular formula is C46H96O9. The first-order valence-electron chi connectivity index (χ1n) is 21.6. The van der Waals surface area contributed by atoms with Crippen LogP contribution in [0.25, 0.3) is 0 Å². The maximum atomic E-state index is 8.29. The summed E-state index contributed by atoms with van der Waals surface area (Å²) in [4.78, 5) is 0. The van der Waals surface area contributed by atoms with Gasteiger partial charge in [0.05, 0.1) is 76.8 Å². The molecule has 0 aliphatic carbocycles. The van der Waals surface area contributed by atoms with Crippen LogP contribution in [0.1, 0.15) is 149 Å². The lowest BCUT2D eigenvalue weighted by Crippen LogP contribution is -2.13. The molecule has 5 atom stereocenters. The van der Waals surface area contributed by atoms with Gasteiger partial charge in [0.1, 0.15) is 12.4 Å². The molecule has 1 aromatic carbocycles. The first kappa shape index (κ1) is 62.9. The normalized spacial score (nSPS) is 13.1. The highest BCUT2D eigenvalue weighted by Gasteiger charge is 2.00. The van der Waals surface area contributed by atoms with E-state index in [4.69, 9.17) is 43.0 Å². The third-order valence-electron chi connectivity index (χ3n) is 7.92. The summed E-state index contributed by atoms with van der Waals surface area (Å²) in [5.41, 5.74) is 0. The molecule has 5 unspecified atom stereocenters. The molecule has 55 heavy (non-hydrogen) atoms. The number of para-hydroxylation sites is 1. The fraction of sp³-hybridized carbons (Fsp3) is 0.870. The van der Waals surface area contributed by atoms with E-state index in [1.165, 1.54) is 6.42 Å². The number of hydrogen-bond acceptors (Lipinski definition) is 9. The van der Waals surface area contributed by atoms with Crippen LogP contribution in [-0.4, -0.2) is 109 Å². The van der Waals surface area contributed by atoms with Gasteiger partial charge < -0.3 is 43.0 Å². The zero-order chi connectivity index (χ0) is 43.1. The van der Waals surface area contributed by atoms with Gasteiger partial charge in [-0.3, -0.25) is 0 Å². The Balaban J connectivity index is -0.000000186. The molecule has 0 amide bonds. The molecule has 1 rings (SSSR count). The van der Waals surface area contributed by atoms with Crippen molar-refractivity contribution >= 4 is 0 Å². The Kier molecular flexibility index (Phi) is 60.3. The van der Waals surface area contributed by atoms with Gasteiger partial charge in [-0.1, -0.05) is 93.9 Å². The van der Waals surface area contributed by atoms with Crippen LogP contribution in [0.5, 0.6) is 5.75 Å². The molecule has 0 aromatic heterocycles. The van der Waals surface area contributed by atoms with Crippen molar-refractivity contribution in [3.63, 3.8) is 0 Å². The van der Waals surface area contributed by atoms with Crippen molar-refractivity contribution in [3.8, 4) is 5.75 Å².